The lowest BCUT2D eigenvalue weighted by molar-refractivity contribution is -0.117. The minimum absolute atomic E-state index is 0.0642. The molecule has 0 radical (unpaired) electrons. The summed E-state index contributed by atoms with van der Waals surface area (Å²) in [6, 6.07) is 3.11. The van der Waals surface area contributed by atoms with Crippen LogP contribution in [-0.4, -0.2) is 21.7 Å². The molecule has 1 aromatic heterocycles. The quantitative estimate of drug-likeness (QED) is 0.658. The van der Waals surface area contributed by atoms with E-state index in [-0.39, 0.29) is 16.5 Å². The molecule has 154 valence electrons. The molecule has 0 bridgehead atoms. The number of hydrogen-bond acceptors (Lipinski definition) is 5. The smallest absolute Gasteiger partial charge is 0.442 e. The van der Waals surface area contributed by atoms with E-state index in [9.17, 15) is 9.59 Å². The first-order valence-electron chi connectivity index (χ1n) is 9.27. The Balaban J connectivity index is 0.000000397. The minimum Gasteiger partial charge on any atom is -0.489 e. The fourth-order valence-corrected chi connectivity index (χ4v) is 3.04. The van der Waals surface area contributed by atoms with E-state index in [1.54, 1.807) is 6.07 Å². The van der Waals surface area contributed by atoms with Gasteiger partial charge in [0.1, 0.15) is 11.5 Å². The molecular weight excluding hydrogens is 403 g/mol. The molecule has 3 rings (SSSR count). The van der Waals surface area contributed by atoms with Gasteiger partial charge < -0.3 is 9.15 Å². The van der Waals surface area contributed by atoms with Gasteiger partial charge in [-0.2, -0.15) is 4.68 Å². The molecule has 0 aliphatic heterocycles. The molecule has 1 aliphatic rings. The number of nitrogens with zero attached hydrogens (tertiary/aromatic N) is 2. The first-order valence-corrected chi connectivity index (χ1v) is 10.0. The zero-order chi connectivity index (χ0) is 21.1. The fourth-order valence-electron chi connectivity index (χ4n) is 2.53. The van der Waals surface area contributed by atoms with E-state index in [1.807, 2.05) is 34.6 Å². The van der Waals surface area contributed by atoms with Crippen molar-refractivity contribution in [1.29, 1.82) is 0 Å². The van der Waals surface area contributed by atoms with Crippen LogP contribution in [0.4, 0.5) is 0 Å². The van der Waals surface area contributed by atoms with Crippen LogP contribution in [-0.2, 0) is 10.2 Å². The van der Waals surface area contributed by atoms with Crippen LogP contribution in [0, 0.1) is 0 Å². The van der Waals surface area contributed by atoms with Gasteiger partial charge in [-0.3, -0.25) is 4.79 Å². The van der Waals surface area contributed by atoms with Crippen molar-refractivity contribution in [1.82, 2.24) is 9.78 Å². The maximum atomic E-state index is 12.1. The summed E-state index contributed by atoms with van der Waals surface area (Å²) in [6.07, 6.45) is 3.91. The minimum atomic E-state index is -0.607. The van der Waals surface area contributed by atoms with Gasteiger partial charge in [-0.25, -0.2) is 4.79 Å². The highest BCUT2D eigenvalue weighted by molar-refractivity contribution is 6.36. The predicted octanol–water partition coefficient (Wildman–Crippen LogP) is 5.35. The highest BCUT2D eigenvalue weighted by Gasteiger charge is 2.24. The van der Waals surface area contributed by atoms with Crippen LogP contribution in [0.1, 0.15) is 66.2 Å². The van der Waals surface area contributed by atoms with Crippen molar-refractivity contribution < 1.29 is 13.9 Å². The largest absolute Gasteiger partial charge is 0.489 e. The first kappa shape index (κ1) is 22.5. The van der Waals surface area contributed by atoms with Gasteiger partial charge in [-0.15, -0.1) is 5.10 Å². The molecule has 0 amide bonds. The number of ether oxygens (including phenoxy) is 1. The standard InChI is InChI=1S/C15H18Cl2N2O3.C5H8O/c1-8(2)21-12-7-11(9(16)6-10(12)17)19-14(20)22-13(18-19)15(3,4)5;6-5-3-1-2-4-5/h6-8H,1-5H3;1-4H2. The van der Waals surface area contributed by atoms with E-state index < -0.39 is 5.76 Å². The Labute approximate surface area is 174 Å². The lowest BCUT2D eigenvalue weighted by Crippen LogP contribution is -2.15. The summed E-state index contributed by atoms with van der Waals surface area (Å²) in [5.41, 5.74) is -0.0217. The molecule has 0 spiro atoms. The maximum Gasteiger partial charge on any atom is 0.442 e. The van der Waals surface area contributed by atoms with E-state index in [4.69, 9.17) is 32.4 Å². The summed E-state index contributed by atoms with van der Waals surface area (Å²) in [7, 11) is 0. The highest BCUT2D eigenvalue weighted by atomic mass is 35.5. The van der Waals surface area contributed by atoms with Gasteiger partial charge in [0.25, 0.3) is 0 Å². The Morgan fingerprint density at radius 1 is 1.11 bits per heavy atom. The van der Waals surface area contributed by atoms with Crippen LogP contribution in [0.3, 0.4) is 0 Å². The Morgan fingerprint density at radius 3 is 2.14 bits per heavy atom. The Morgan fingerprint density at radius 2 is 1.71 bits per heavy atom. The molecule has 1 aliphatic carbocycles. The van der Waals surface area contributed by atoms with Gasteiger partial charge in [-0.05, 0) is 32.8 Å². The topological polar surface area (TPSA) is 74.3 Å². The number of carbonyl (C=O) groups is 1. The molecule has 1 aromatic carbocycles. The van der Waals surface area contributed by atoms with Crippen LogP contribution in [0.15, 0.2) is 21.3 Å². The molecule has 8 heteroatoms. The van der Waals surface area contributed by atoms with Gasteiger partial charge in [0, 0.05) is 24.3 Å². The lowest BCUT2D eigenvalue weighted by atomic mass is 9.97. The molecule has 28 heavy (non-hydrogen) atoms. The Kier molecular flexibility index (Phi) is 7.34. The van der Waals surface area contributed by atoms with Crippen LogP contribution < -0.4 is 10.5 Å². The third-order valence-electron chi connectivity index (χ3n) is 3.94. The van der Waals surface area contributed by atoms with Crippen molar-refractivity contribution in [2.75, 3.05) is 0 Å². The summed E-state index contributed by atoms with van der Waals surface area (Å²) < 4.78 is 11.9. The maximum absolute atomic E-state index is 12.1. The average molecular weight is 429 g/mol. The highest BCUT2D eigenvalue weighted by Crippen LogP contribution is 2.33. The monoisotopic (exact) mass is 428 g/mol. The van der Waals surface area contributed by atoms with Gasteiger partial charge in [0.2, 0.25) is 5.89 Å². The summed E-state index contributed by atoms with van der Waals surface area (Å²) in [5, 5.41) is 4.88. The van der Waals surface area contributed by atoms with Crippen molar-refractivity contribution in [3.8, 4) is 11.4 Å². The number of Topliss-reactive ketones (excluding diaryl/α,β-unsaturated/α-hetero) is 1. The molecular formula is C20H26Cl2N2O4. The molecule has 1 saturated carbocycles. The second kappa shape index (κ2) is 9.14. The second-order valence-electron chi connectivity index (χ2n) is 7.98. The number of hydrogen-bond donors (Lipinski definition) is 0. The second-order valence-corrected chi connectivity index (χ2v) is 8.80. The van der Waals surface area contributed by atoms with Gasteiger partial charge in [0.05, 0.1) is 21.8 Å². The van der Waals surface area contributed by atoms with E-state index in [0.717, 1.165) is 30.4 Å². The van der Waals surface area contributed by atoms with E-state index in [2.05, 4.69) is 5.10 Å². The normalized spacial score (nSPS) is 14.2. The SMILES string of the molecule is CC(C)Oc1cc(-n2nc(C(C)(C)C)oc2=O)c(Cl)cc1Cl.O=C1CCCC1. The van der Waals surface area contributed by atoms with Gasteiger partial charge in [-0.1, -0.05) is 44.0 Å². The van der Waals surface area contributed by atoms with Crippen molar-refractivity contribution in [3.63, 3.8) is 0 Å². The first-order chi connectivity index (χ1) is 13.0. The number of ketones is 1. The number of benzene rings is 1. The zero-order valence-corrected chi connectivity index (χ0v) is 18.4. The Hall–Kier alpha value is -1.79. The summed E-state index contributed by atoms with van der Waals surface area (Å²) in [4.78, 5) is 22.3. The summed E-state index contributed by atoms with van der Waals surface area (Å²) in [5.74, 6) is 0.609. The van der Waals surface area contributed by atoms with E-state index >= 15 is 0 Å². The average Bonchev–Trinajstić information content (AvgIpc) is 3.19. The van der Waals surface area contributed by atoms with Gasteiger partial charge >= 0.3 is 5.76 Å². The van der Waals surface area contributed by atoms with E-state index in [1.165, 1.54) is 6.07 Å². The Bertz CT molecular complexity index is 887. The van der Waals surface area contributed by atoms with E-state index in [0.29, 0.717) is 28.1 Å². The molecule has 0 atom stereocenters. The van der Waals surface area contributed by atoms with Crippen LogP contribution in [0.2, 0.25) is 10.0 Å². The zero-order valence-electron chi connectivity index (χ0n) is 16.8. The van der Waals surface area contributed by atoms with Crippen LogP contribution >= 0.6 is 23.2 Å². The molecule has 0 N–H and O–H groups in total. The van der Waals surface area contributed by atoms with Crippen LogP contribution in [0.5, 0.6) is 5.75 Å². The third-order valence-corrected chi connectivity index (χ3v) is 4.54. The van der Waals surface area contributed by atoms with Crippen molar-refractivity contribution in [3.05, 3.63) is 38.6 Å². The summed E-state index contributed by atoms with van der Waals surface area (Å²) >= 11 is 12.3. The molecule has 1 heterocycles. The molecule has 0 unspecified atom stereocenters. The molecule has 0 saturated heterocycles. The van der Waals surface area contributed by atoms with Crippen molar-refractivity contribution in [2.24, 2.45) is 0 Å². The number of rotatable bonds is 3. The van der Waals surface area contributed by atoms with Crippen molar-refractivity contribution >= 4 is 29.0 Å². The van der Waals surface area contributed by atoms with Crippen LogP contribution in [0.25, 0.3) is 5.69 Å². The number of carbonyl (C=O) groups excluding carboxylic acids is 1. The molecule has 1 fully saturated rings. The van der Waals surface area contributed by atoms with Gasteiger partial charge in [0.15, 0.2) is 0 Å². The van der Waals surface area contributed by atoms with Crippen molar-refractivity contribution in [2.45, 2.75) is 71.8 Å². The number of aromatic nitrogens is 2. The third kappa shape index (κ3) is 5.85. The molecule has 6 nitrogen and oxygen atoms in total. The lowest BCUT2D eigenvalue weighted by Gasteiger charge is -2.13. The fraction of sp³-hybridized carbons (Fsp3) is 0.550. The molecule has 2 aromatic rings. The number of halogens is 2. The predicted molar refractivity (Wildman–Crippen MR) is 110 cm³/mol. The summed E-state index contributed by atoms with van der Waals surface area (Å²) in [6.45, 7) is 9.47.